The molecular weight excluding hydrogens is 124 g/mol. The van der Waals surface area contributed by atoms with Gasteiger partial charge in [-0.2, -0.15) is 0 Å². The predicted octanol–water partition coefficient (Wildman–Crippen LogP) is -1.45. The lowest BCUT2D eigenvalue weighted by Crippen LogP contribution is -2.39. The van der Waals surface area contributed by atoms with E-state index in [9.17, 15) is 4.79 Å². The number of hydrogen-bond acceptors (Lipinski definition) is 4. The van der Waals surface area contributed by atoms with Gasteiger partial charge in [-0.05, 0) is 0 Å². The molecule has 0 saturated carbocycles. The summed E-state index contributed by atoms with van der Waals surface area (Å²) in [5.74, 6) is -1.04. The van der Waals surface area contributed by atoms with Gasteiger partial charge < -0.3 is 15.7 Å². The van der Waals surface area contributed by atoms with E-state index in [1.807, 2.05) is 0 Å². The van der Waals surface area contributed by atoms with Crippen molar-refractivity contribution in [2.75, 3.05) is 13.7 Å². The fraction of sp³-hybridized carbons (Fsp3) is 0.750. The summed E-state index contributed by atoms with van der Waals surface area (Å²) >= 11 is 0. The molecule has 0 rings (SSSR count). The second kappa shape index (κ2) is 4.25. The molecule has 0 unspecified atom stereocenters. The third-order valence-electron chi connectivity index (χ3n) is 0.765. The van der Waals surface area contributed by atoms with E-state index in [0.29, 0.717) is 0 Å². The van der Waals surface area contributed by atoms with E-state index in [1.165, 1.54) is 7.11 Å². The molecule has 0 aliphatic rings. The largest absolute Gasteiger partial charge is 0.480 e. The molecule has 0 amide bonds. The van der Waals surface area contributed by atoms with Crippen molar-refractivity contribution in [1.82, 2.24) is 5.48 Å². The molecule has 0 aliphatic carbocycles. The van der Waals surface area contributed by atoms with Crippen molar-refractivity contribution < 1.29 is 14.7 Å². The lowest BCUT2D eigenvalue weighted by molar-refractivity contribution is -0.139. The highest BCUT2D eigenvalue weighted by Crippen LogP contribution is 1.73. The zero-order chi connectivity index (χ0) is 7.28. The van der Waals surface area contributed by atoms with E-state index in [2.05, 4.69) is 10.3 Å². The van der Waals surface area contributed by atoms with Crippen molar-refractivity contribution in [2.24, 2.45) is 5.73 Å². The van der Waals surface area contributed by atoms with Crippen LogP contribution >= 0.6 is 0 Å². The van der Waals surface area contributed by atoms with Gasteiger partial charge in [0.1, 0.15) is 6.04 Å². The number of carboxylic acids is 1. The molecule has 0 aromatic heterocycles. The van der Waals surface area contributed by atoms with Gasteiger partial charge in [-0.15, -0.1) is 0 Å². The summed E-state index contributed by atoms with van der Waals surface area (Å²) in [6.45, 7) is 0.117. The van der Waals surface area contributed by atoms with Gasteiger partial charge in [0.05, 0.1) is 7.11 Å². The van der Waals surface area contributed by atoms with Crippen molar-refractivity contribution >= 4 is 5.97 Å². The minimum Gasteiger partial charge on any atom is -0.480 e. The predicted molar refractivity (Wildman–Crippen MR) is 30.6 cm³/mol. The number of rotatable bonds is 4. The summed E-state index contributed by atoms with van der Waals surface area (Å²) < 4.78 is 0. The number of nitrogens with two attached hydrogens (primary N) is 1. The Morgan fingerprint density at radius 3 is 2.89 bits per heavy atom. The van der Waals surface area contributed by atoms with Gasteiger partial charge in [0.15, 0.2) is 0 Å². The van der Waals surface area contributed by atoms with E-state index in [4.69, 9.17) is 10.8 Å². The van der Waals surface area contributed by atoms with Crippen LogP contribution in [0.1, 0.15) is 0 Å². The molecule has 5 nitrogen and oxygen atoms in total. The number of carboxylic acid groups (broad SMARTS) is 1. The number of hydroxylamine groups is 1. The summed E-state index contributed by atoms with van der Waals surface area (Å²) in [6.07, 6.45) is 0. The van der Waals surface area contributed by atoms with Crippen molar-refractivity contribution in [3.8, 4) is 0 Å². The zero-order valence-electron chi connectivity index (χ0n) is 5.13. The third-order valence-corrected chi connectivity index (χ3v) is 0.765. The van der Waals surface area contributed by atoms with Crippen molar-refractivity contribution in [3.05, 3.63) is 0 Å². The monoisotopic (exact) mass is 134 g/mol. The smallest absolute Gasteiger partial charge is 0.321 e. The van der Waals surface area contributed by atoms with E-state index in [1.54, 1.807) is 0 Å². The fourth-order valence-electron chi connectivity index (χ4n) is 0.260. The first-order valence-electron chi connectivity index (χ1n) is 2.42. The minimum absolute atomic E-state index is 0.117. The Hall–Kier alpha value is -0.650. The second-order valence-corrected chi connectivity index (χ2v) is 1.50. The maximum atomic E-state index is 9.98. The Kier molecular flexibility index (Phi) is 3.94. The molecule has 0 spiro atoms. The molecule has 0 aliphatic heterocycles. The molecule has 4 N–H and O–H groups in total. The van der Waals surface area contributed by atoms with Crippen LogP contribution in [0.15, 0.2) is 0 Å². The average molecular weight is 134 g/mol. The van der Waals surface area contributed by atoms with Crippen LogP contribution in [0, 0.1) is 0 Å². The number of carbonyl (C=O) groups is 1. The van der Waals surface area contributed by atoms with Crippen LogP contribution in [0.5, 0.6) is 0 Å². The SMILES string of the molecule is CONC[C@H](N)C(=O)O. The Morgan fingerprint density at radius 1 is 2.00 bits per heavy atom. The number of aliphatic carboxylic acids is 1. The normalized spacial score (nSPS) is 13.1. The van der Waals surface area contributed by atoms with Crippen LogP contribution in [-0.4, -0.2) is 30.8 Å². The molecule has 1 atom stereocenters. The lowest BCUT2D eigenvalue weighted by atomic mass is 10.3. The summed E-state index contributed by atoms with van der Waals surface area (Å²) in [7, 11) is 1.40. The van der Waals surface area contributed by atoms with Gasteiger partial charge >= 0.3 is 5.97 Å². The van der Waals surface area contributed by atoms with Crippen LogP contribution in [0.25, 0.3) is 0 Å². The Morgan fingerprint density at radius 2 is 2.56 bits per heavy atom. The molecule has 0 saturated heterocycles. The summed E-state index contributed by atoms with van der Waals surface area (Å²) in [4.78, 5) is 14.4. The standard InChI is InChI=1S/C4H10N2O3/c1-9-6-2-3(5)4(7)8/h3,6H,2,5H2,1H3,(H,7,8)/t3-/m0/s1. The van der Waals surface area contributed by atoms with E-state index in [-0.39, 0.29) is 6.54 Å². The zero-order valence-corrected chi connectivity index (χ0v) is 5.13. The molecule has 0 bridgehead atoms. The third kappa shape index (κ3) is 3.89. The van der Waals surface area contributed by atoms with Crippen molar-refractivity contribution in [2.45, 2.75) is 6.04 Å². The second-order valence-electron chi connectivity index (χ2n) is 1.50. The highest BCUT2D eigenvalue weighted by molar-refractivity contribution is 5.73. The summed E-state index contributed by atoms with van der Waals surface area (Å²) in [6, 6.07) is -0.898. The molecule has 0 heterocycles. The van der Waals surface area contributed by atoms with Crippen molar-refractivity contribution in [3.63, 3.8) is 0 Å². The van der Waals surface area contributed by atoms with Gasteiger partial charge in [-0.1, -0.05) is 0 Å². The Labute approximate surface area is 52.7 Å². The quantitative estimate of drug-likeness (QED) is 0.409. The van der Waals surface area contributed by atoms with E-state index >= 15 is 0 Å². The number of hydrogen-bond donors (Lipinski definition) is 3. The highest BCUT2D eigenvalue weighted by atomic mass is 16.6. The molecule has 9 heavy (non-hydrogen) atoms. The summed E-state index contributed by atoms with van der Waals surface area (Å²) in [5, 5.41) is 8.19. The molecular formula is C4H10N2O3. The van der Waals surface area contributed by atoms with Gasteiger partial charge in [0.2, 0.25) is 0 Å². The van der Waals surface area contributed by atoms with Crippen LogP contribution < -0.4 is 11.2 Å². The maximum Gasteiger partial charge on any atom is 0.321 e. The Bertz CT molecular complexity index is 95.8. The molecule has 0 radical (unpaired) electrons. The first-order valence-corrected chi connectivity index (χ1v) is 2.42. The summed E-state index contributed by atoms with van der Waals surface area (Å²) in [5.41, 5.74) is 7.38. The van der Waals surface area contributed by atoms with Crippen LogP contribution in [0.3, 0.4) is 0 Å². The molecule has 5 heteroatoms. The highest BCUT2D eigenvalue weighted by Gasteiger charge is 2.09. The first-order chi connectivity index (χ1) is 4.18. The van der Waals surface area contributed by atoms with Gasteiger partial charge in [-0.3, -0.25) is 4.79 Å². The van der Waals surface area contributed by atoms with Crippen LogP contribution in [0.4, 0.5) is 0 Å². The fourth-order valence-corrected chi connectivity index (χ4v) is 0.260. The van der Waals surface area contributed by atoms with Crippen molar-refractivity contribution in [1.29, 1.82) is 0 Å². The lowest BCUT2D eigenvalue weighted by Gasteiger charge is -2.04. The van der Waals surface area contributed by atoms with Gasteiger partial charge in [0.25, 0.3) is 0 Å². The van der Waals surface area contributed by atoms with Gasteiger partial charge in [0, 0.05) is 6.54 Å². The molecule has 0 fully saturated rings. The molecule has 54 valence electrons. The number of nitrogens with one attached hydrogen (secondary N) is 1. The van der Waals surface area contributed by atoms with Crippen LogP contribution in [-0.2, 0) is 9.63 Å². The molecule has 0 aromatic rings. The Balaban J connectivity index is 3.27. The van der Waals surface area contributed by atoms with Crippen LogP contribution in [0.2, 0.25) is 0 Å². The minimum atomic E-state index is -1.04. The average Bonchev–Trinajstić information content (AvgIpc) is 1.82. The molecule has 0 aromatic carbocycles. The van der Waals surface area contributed by atoms with E-state index in [0.717, 1.165) is 0 Å². The van der Waals surface area contributed by atoms with Gasteiger partial charge in [-0.25, -0.2) is 5.48 Å². The first kappa shape index (κ1) is 8.35. The topological polar surface area (TPSA) is 84.6 Å². The van der Waals surface area contributed by atoms with E-state index < -0.39 is 12.0 Å². The maximum absolute atomic E-state index is 9.98.